The highest BCUT2D eigenvalue weighted by Gasteiger charge is 2.31. The molecule has 0 aliphatic heterocycles. The van der Waals surface area contributed by atoms with Gasteiger partial charge < -0.3 is 23.8 Å². The second-order valence-electron chi connectivity index (χ2n) is 16.7. The zero-order chi connectivity index (χ0) is 40.7. The van der Waals surface area contributed by atoms with E-state index in [1.54, 1.807) is 0 Å². The number of carboxylic acid groups (broad SMARTS) is 1. The van der Waals surface area contributed by atoms with Gasteiger partial charge in [-0.15, -0.1) is 0 Å². The third-order valence-corrected chi connectivity index (χ3v) is 10.4. The van der Waals surface area contributed by atoms with Gasteiger partial charge in [0.15, 0.2) is 12.1 Å². The fourth-order valence-electron chi connectivity index (χ4n) is 6.79. The molecule has 0 radical (unpaired) electrons. The molecule has 0 bridgehead atoms. The third-order valence-electron chi connectivity index (χ3n) is 10.4. The number of allylic oxidation sites excluding steroid dienone is 4. The van der Waals surface area contributed by atoms with Crippen molar-refractivity contribution in [1.29, 1.82) is 0 Å². The molecule has 2 atom stereocenters. The number of hydrogen-bond acceptors (Lipinski definition) is 6. The van der Waals surface area contributed by atoms with Crippen LogP contribution in [0.5, 0.6) is 0 Å². The lowest BCUT2D eigenvalue weighted by atomic mass is 10.1. The summed E-state index contributed by atoms with van der Waals surface area (Å²) >= 11 is 0. The molecule has 0 heterocycles. The maximum Gasteiger partial charge on any atom is 0.362 e. The zero-order valence-electron chi connectivity index (χ0n) is 36.6. The lowest BCUT2D eigenvalue weighted by Gasteiger charge is -2.31. The van der Waals surface area contributed by atoms with Crippen molar-refractivity contribution in [3.8, 4) is 0 Å². The van der Waals surface area contributed by atoms with Crippen LogP contribution in [0.1, 0.15) is 206 Å². The van der Waals surface area contributed by atoms with E-state index in [1.807, 2.05) is 21.1 Å². The van der Waals surface area contributed by atoms with Crippen LogP contribution in [-0.4, -0.2) is 80.6 Å². The summed E-state index contributed by atoms with van der Waals surface area (Å²) in [7, 11) is 5.53. The quantitative estimate of drug-likeness (QED) is 0.0285. The molecule has 8 heteroatoms. The van der Waals surface area contributed by atoms with Crippen LogP contribution in [0.2, 0.25) is 0 Å². The van der Waals surface area contributed by atoms with Gasteiger partial charge in [-0.1, -0.05) is 173 Å². The molecule has 0 amide bonds. The number of aliphatic carboxylic acids is 1. The Bertz CT molecular complexity index is 957. The Morgan fingerprint density at radius 3 is 1.38 bits per heavy atom. The van der Waals surface area contributed by atoms with Crippen LogP contribution >= 0.6 is 0 Å². The first-order chi connectivity index (χ1) is 26.6. The van der Waals surface area contributed by atoms with E-state index in [9.17, 15) is 19.5 Å². The second kappa shape index (κ2) is 38.7. The summed E-state index contributed by atoms with van der Waals surface area (Å²) in [6.07, 6.45) is 42.2. The van der Waals surface area contributed by atoms with E-state index < -0.39 is 18.1 Å². The summed E-state index contributed by atoms with van der Waals surface area (Å²) in [5.41, 5.74) is 0. The fraction of sp³-hybridized carbons (Fsp3) is 0.851. The summed E-state index contributed by atoms with van der Waals surface area (Å²) < 4.78 is 17.3. The normalized spacial score (nSPS) is 13.1. The number of rotatable bonds is 41. The summed E-state index contributed by atoms with van der Waals surface area (Å²) in [6, 6.07) is -0.611. The van der Waals surface area contributed by atoms with Gasteiger partial charge in [0, 0.05) is 19.3 Å². The van der Waals surface area contributed by atoms with Gasteiger partial charge in [0.2, 0.25) is 0 Å². The molecule has 1 N–H and O–H groups in total. The molecule has 0 saturated heterocycles. The van der Waals surface area contributed by atoms with Crippen LogP contribution in [-0.2, 0) is 28.6 Å². The summed E-state index contributed by atoms with van der Waals surface area (Å²) in [5, 5.41) is 9.61. The monoisotopic (exact) mass is 779 g/mol. The van der Waals surface area contributed by atoms with Crippen molar-refractivity contribution in [2.45, 2.75) is 219 Å². The predicted molar refractivity (Wildman–Crippen MR) is 229 cm³/mol. The van der Waals surface area contributed by atoms with Crippen LogP contribution in [0.4, 0.5) is 0 Å². The minimum Gasteiger partial charge on any atom is -0.477 e. The highest BCUT2D eigenvalue weighted by Crippen LogP contribution is 2.15. The van der Waals surface area contributed by atoms with Crippen molar-refractivity contribution >= 4 is 17.9 Å². The third kappa shape index (κ3) is 37.2. The Morgan fingerprint density at radius 1 is 0.545 bits per heavy atom. The van der Waals surface area contributed by atoms with Crippen LogP contribution in [0, 0.1) is 0 Å². The molecule has 322 valence electrons. The van der Waals surface area contributed by atoms with E-state index in [1.165, 1.54) is 135 Å². The molecular weight excluding hydrogens is 691 g/mol. The van der Waals surface area contributed by atoms with Gasteiger partial charge in [-0.25, -0.2) is 4.79 Å². The molecular formula is C47H88NO7+. The number of carbonyl (C=O) groups is 3. The Balaban J connectivity index is 4.24. The first kappa shape index (κ1) is 52.8. The average molecular weight is 779 g/mol. The van der Waals surface area contributed by atoms with E-state index in [0.29, 0.717) is 19.3 Å². The fourth-order valence-corrected chi connectivity index (χ4v) is 6.79. The highest BCUT2D eigenvalue weighted by atomic mass is 16.6. The molecule has 0 saturated carbocycles. The first-order valence-electron chi connectivity index (χ1n) is 22.9. The number of carbonyl (C=O) groups excluding carboxylic acids is 2. The van der Waals surface area contributed by atoms with E-state index in [0.717, 1.165) is 38.5 Å². The smallest absolute Gasteiger partial charge is 0.362 e. The minimum atomic E-state index is -0.874. The van der Waals surface area contributed by atoms with Crippen LogP contribution in [0.15, 0.2) is 24.3 Å². The lowest BCUT2D eigenvalue weighted by Crippen LogP contribution is -2.50. The van der Waals surface area contributed by atoms with Gasteiger partial charge in [-0.3, -0.25) is 9.59 Å². The standard InChI is InChI=1S/C47H87NO7/c1-6-8-10-12-14-16-18-19-20-21-22-23-24-25-26-28-29-31-33-35-37-45(49)54-42-43(41-53-40-39-44(47(51)52)48(3,4)5)55-46(50)38-36-34-32-30-27-17-15-13-11-9-7-2/h16,18-20,43-44H,6-15,17,21-42H2,1-5H3/p+1/b18-16+,20-19+. The van der Waals surface area contributed by atoms with E-state index in [2.05, 4.69) is 38.2 Å². The molecule has 0 aromatic rings. The topological polar surface area (TPSA) is 99.1 Å². The number of quaternary nitrogens is 1. The van der Waals surface area contributed by atoms with Crippen LogP contribution in [0.3, 0.4) is 0 Å². The number of nitrogens with zero attached hydrogens (tertiary/aromatic N) is 1. The Labute approximate surface area is 339 Å². The average Bonchev–Trinajstić information content (AvgIpc) is 3.14. The molecule has 0 fully saturated rings. The SMILES string of the molecule is CCCCCC/C=C/C=C/CCCCCCCCCCCCC(=O)OCC(COCCC(C(=O)O)[N+](C)(C)C)OC(=O)CCCCCCCCCCCCC. The zero-order valence-corrected chi connectivity index (χ0v) is 36.6. The number of unbranched alkanes of at least 4 members (excludes halogenated alkanes) is 24. The maximum absolute atomic E-state index is 12.7. The van der Waals surface area contributed by atoms with Crippen LogP contribution < -0.4 is 0 Å². The van der Waals surface area contributed by atoms with Gasteiger partial charge in [0.25, 0.3) is 0 Å². The lowest BCUT2D eigenvalue weighted by molar-refractivity contribution is -0.887. The summed E-state index contributed by atoms with van der Waals surface area (Å²) in [5.74, 6) is -1.46. The summed E-state index contributed by atoms with van der Waals surface area (Å²) in [4.78, 5) is 36.9. The van der Waals surface area contributed by atoms with Crippen molar-refractivity contribution in [2.24, 2.45) is 0 Å². The van der Waals surface area contributed by atoms with Gasteiger partial charge in [-0.05, 0) is 38.5 Å². The molecule has 0 aliphatic carbocycles. The van der Waals surface area contributed by atoms with Crippen molar-refractivity contribution in [2.75, 3.05) is 41.0 Å². The minimum absolute atomic E-state index is 0.0486. The predicted octanol–water partition coefficient (Wildman–Crippen LogP) is 12.5. The molecule has 0 aliphatic rings. The summed E-state index contributed by atoms with van der Waals surface area (Å²) in [6.45, 7) is 4.72. The van der Waals surface area contributed by atoms with Crippen molar-refractivity contribution in [3.05, 3.63) is 24.3 Å². The Hall–Kier alpha value is -2.19. The highest BCUT2D eigenvalue weighted by molar-refractivity contribution is 5.72. The largest absolute Gasteiger partial charge is 0.477 e. The van der Waals surface area contributed by atoms with Gasteiger partial charge in [0.1, 0.15) is 6.61 Å². The van der Waals surface area contributed by atoms with E-state index in [4.69, 9.17) is 14.2 Å². The van der Waals surface area contributed by atoms with Crippen molar-refractivity contribution in [3.63, 3.8) is 0 Å². The molecule has 8 nitrogen and oxygen atoms in total. The van der Waals surface area contributed by atoms with Gasteiger partial charge in [0.05, 0.1) is 34.4 Å². The number of hydrogen-bond donors (Lipinski definition) is 1. The first-order valence-corrected chi connectivity index (χ1v) is 22.9. The van der Waals surface area contributed by atoms with Crippen molar-refractivity contribution < 1.29 is 38.2 Å². The number of likely N-dealkylation sites (N-methyl/N-ethyl adjacent to an activating group) is 1. The van der Waals surface area contributed by atoms with E-state index in [-0.39, 0.29) is 36.2 Å². The number of carboxylic acids is 1. The molecule has 0 aromatic heterocycles. The van der Waals surface area contributed by atoms with Gasteiger partial charge >= 0.3 is 17.9 Å². The number of esters is 2. The van der Waals surface area contributed by atoms with Crippen LogP contribution in [0.25, 0.3) is 0 Å². The van der Waals surface area contributed by atoms with Gasteiger partial charge in [-0.2, -0.15) is 0 Å². The maximum atomic E-state index is 12.7. The van der Waals surface area contributed by atoms with Crippen molar-refractivity contribution in [1.82, 2.24) is 0 Å². The molecule has 2 unspecified atom stereocenters. The molecule has 55 heavy (non-hydrogen) atoms. The molecule has 0 aromatic carbocycles. The second-order valence-corrected chi connectivity index (χ2v) is 16.7. The Morgan fingerprint density at radius 2 is 0.945 bits per heavy atom. The van der Waals surface area contributed by atoms with E-state index >= 15 is 0 Å². The molecule has 0 rings (SSSR count). The number of ether oxygens (including phenoxy) is 3. The Kier molecular flexibility index (Phi) is 37.1. The molecule has 0 spiro atoms.